The minimum Gasteiger partial charge on any atom is -0.484 e. The highest BCUT2D eigenvalue weighted by Gasteiger charge is 2.58. The summed E-state index contributed by atoms with van der Waals surface area (Å²) < 4.78 is 11.3. The van der Waals surface area contributed by atoms with Gasteiger partial charge in [-0.25, -0.2) is 0 Å². The van der Waals surface area contributed by atoms with Crippen molar-refractivity contribution >= 4 is 11.8 Å². The molecule has 0 N–H and O–H groups in total. The Labute approximate surface area is 192 Å². The Bertz CT molecular complexity index is 1180. The summed E-state index contributed by atoms with van der Waals surface area (Å²) in [5, 5.41) is 3.98. The van der Waals surface area contributed by atoms with Crippen LogP contribution in [0.1, 0.15) is 27.6 Å². The highest BCUT2D eigenvalue weighted by Crippen LogP contribution is 2.44. The van der Waals surface area contributed by atoms with Crippen molar-refractivity contribution < 1.29 is 18.8 Å². The number of hydrogen-bond donors (Lipinski definition) is 0. The molecule has 2 atom stereocenters. The number of rotatable bonds is 5. The normalized spacial score (nSPS) is 21.8. The maximum absolute atomic E-state index is 13.1. The zero-order valence-electron chi connectivity index (χ0n) is 18.7. The van der Waals surface area contributed by atoms with Gasteiger partial charge in [0, 0.05) is 37.7 Å². The van der Waals surface area contributed by atoms with Crippen LogP contribution >= 0.6 is 0 Å². The van der Waals surface area contributed by atoms with Crippen molar-refractivity contribution in [3.63, 3.8) is 0 Å². The van der Waals surface area contributed by atoms with Gasteiger partial charge in [-0.1, -0.05) is 35.5 Å². The van der Waals surface area contributed by atoms with Gasteiger partial charge in [0.05, 0.1) is 5.41 Å². The largest absolute Gasteiger partial charge is 0.484 e. The van der Waals surface area contributed by atoms with Crippen molar-refractivity contribution in [3.05, 3.63) is 77.4 Å². The highest BCUT2D eigenvalue weighted by molar-refractivity contribution is 5.94. The summed E-state index contributed by atoms with van der Waals surface area (Å²) in [4.78, 5) is 34.3. The summed E-state index contributed by atoms with van der Waals surface area (Å²) in [5.74, 6) is 1.59. The zero-order chi connectivity index (χ0) is 23.0. The minimum absolute atomic E-state index is 0.00734. The number of ether oxygens (including phenoxy) is 1. The molecule has 2 aromatic carbocycles. The van der Waals surface area contributed by atoms with E-state index in [2.05, 4.69) is 10.1 Å². The number of nitrogens with zero attached hydrogens (tertiary/aromatic N) is 4. The molecule has 1 aromatic heterocycles. The lowest BCUT2D eigenvalue weighted by Gasteiger charge is -2.26. The second kappa shape index (κ2) is 8.35. The van der Waals surface area contributed by atoms with Gasteiger partial charge in [0.2, 0.25) is 5.89 Å². The molecule has 0 aliphatic carbocycles. The predicted molar refractivity (Wildman–Crippen MR) is 120 cm³/mol. The molecule has 170 valence electrons. The van der Waals surface area contributed by atoms with E-state index in [1.165, 1.54) is 0 Å². The second-order valence-corrected chi connectivity index (χ2v) is 8.93. The molecule has 2 fully saturated rings. The topological polar surface area (TPSA) is 88.8 Å². The standard InChI is InChI=1S/C25H26N4O4/c1-17-7-6-10-21(11-17)32-14-22(30)28-12-20-13-29(23(31)19-8-4-3-5-9-19)16-25(20,15-28)24-26-18(2)27-33-24/h3-11,20H,12-16H2,1-2H3/t20-,25-/m0/s1. The van der Waals surface area contributed by atoms with Gasteiger partial charge in [-0.3, -0.25) is 9.59 Å². The molecule has 5 rings (SSSR count). The fourth-order valence-corrected chi connectivity index (χ4v) is 4.92. The van der Waals surface area contributed by atoms with E-state index in [-0.39, 0.29) is 24.3 Å². The van der Waals surface area contributed by atoms with Crippen LogP contribution in [0.15, 0.2) is 59.1 Å². The van der Waals surface area contributed by atoms with E-state index in [0.29, 0.717) is 49.2 Å². The lowest BCUT2D eigenvalue weighted by molar-refractivity contribution is -0.132. The minimum atomic E-state index is -0.579. The number of likely N-dealkylation sites (tertiary alicyclic amines) is 2. The maximum Gasteiger partial charge on any atom is 0.260 e. The molecular formula is C25H26N4O4. The third-order valence-corrected chi connectivity index (χ3v) is 6.58. The van der Waals surface area contributed by atoms with Crippen molar-refractivity contribution in [3.8, 4) is 5.75 Å². The van der Waals surface area contributed by atoms with Gasteiger partial charge in [0.25, 0.3) is 11.8 Å². The Balaban J connectivity index is 1.34. The smallest absolute Gasteiger partial charge is 0.260 e. The summed E-state index contributed by atoms with van der Waals surface area (Å²) in [5.41, 5.74) is 1.14. The van der Waals surface area contributed by atoms with Crippen LogP contribution in [0.2, 0.25) is 0 Å². The van der Waals surface area contributed by atoms with Crippen molar-refractivity contribution in [2.24, 2.45) is 5.92 Å². The Morgan fingerprint density at radius 3 is 2.55 bits per heavy atom. The predicted octanol–water partition coefficient (Wildman–Crippen LogP) is 2.62. The van der Waals surface area contributed by atoms with Gasteiger partial charge >= 0.3 is 0 Å². The Morgan fingerprint density at radius 1 is 1.06 bits per heavy atom. The zero-order valence-corrected chi connectivity index (χ0v) is 18.7. The number of fused-ring (bicyclic) bond motifs is 1. The molecule has 2 saturated heterocycles. The third-order valence-electron chi connectivity index (χ3n) is 6.58. The van der Waals surface area contributed by atoms with E-state index < -0.39 is 5.41 Å². The first-order valence-electron chi connectivity index (χ1n) is 11.1. The molecule has 0 unspecified atom stereocenters. The van der Waals surface area contributed by atoms with Crippen LogP contribution in [0.25, 0.3) is 0 Å². The average molecular weight is 447 g/mol. The van der Waals surface area contributed by atoms with Crippen molar-refractivity contribution in [1.82, 2.24) is 19.9 Å². The van der Waals surface area contributed by atoms with Gasteiger partial charge in [-0.2, -0.15) is 4.98 Å². The fourth-order valence-electron chi connectivity index (χ4n) is 4.92. The molecule has 0 spiro atoms. The van der Waals surface area contributed by atoms with E-state index in [1.807, 2.05) is 66.4 Å². The van der Waals surface area contributed by atoms with Crippen LogP contribution in [0.5, 0.6) is 5.75 Å². The van der Waals surface area contributed by atoms with Crippen LogP contribution in [-0.2, 0) is 10.2 Å². The molecular weight excluding hydrogens is 420 g/mol. The average Bonchev–Trinajstić information content (AvgIpc) is 3.50. The number of hydrogen-bond acceptors (Lipinski definition) is 6. The fraction of sp³-hybridized carbons (Fsp3) is 0.360. The lowest BCUT2D eigenvalue weighted by Crippen LogP contribution is -2.42. The van der Waals surface area contributed by atoms with E-state index >= 15 is 0 Å². The molecule has 0 bridgehead atoms. The lowest BCUT2D eigenvalue weighted by atomic mass is 9.81. The molecule has 2 aliphatic rings. The van der Waals surface area contributed by atoms with Gasteiger partial charge in [0.15, 0.2) is 12.4 Å². The van der Waals surface area contributed by atoms with Gasteiger partial charge in [-0.15, -0.1) is 0 Å². The number of amides is 2. The van der Waals surface area contributed by atoms with Crippen LogP contribution in [0.4, 0.5) is 0 Å². The van der Waals surface area contributed by atoms with Gasteiger partial charge in [-0.05, 0) is 43.7 Å². The summed E-state index contributed by atoms with van der Waals surface area (Å²) >= 11 is 0. The SMILES string of the molecule is Cc1cccc(OCC(=O)N2C[C@H]3CN(C(=O)c4ccccc4)C[C@@]3(c3nc(C)no3)C2)c1. The summed E-state index contributed by atoms with van der Waals surface area (Å²) in [7, 11) is 0. The number of aryl methyl sites for hydroxylation is 2. The molecule has 2 amide bonds. The highest BCUT2D eigenvalue weighted by atomic mass is 16.5. The van der Waals surface area contributed by atoms with Crippen LogP contribution in [0, 0.1) is 19.8 Å². The number of carbonyl (C=O) groups is 2. The molecule has 3 heterocycles. The molecule has 2 aliphatic heterocycles. The van der Waals surface area contributed by atoms with Gasteiger partial charge < -0.3 is 19.1 Å². The first-order chi connectivity index (χ1) is 15.9. The Hall–Kier alpha value is -3.68. The number of aromatic nitrogens is 2. The Kier molecular flexibility index (Phi) is 5.36. The number of benzene rings is 2. The summed E-state index contributed by atoms with van der Waals surface area (Å²) in [6.07, 6.45) is 0. The third kappa shape index (κ3) is 3.97. The molecule has 3 aromatic rings. The molecule has 0 saturated carbocycles. The molecule has 8 heteroatoms. The Morgan fingerprint density at radius 2 is 1.82 bits per heavy atom. The maximum atomic E-state index is 13.1. The second-order valence-electron chi connectivity index (χ2n) is 8.93. The van der Waals surface area contributed by atoms with Crippen LogP contribution in [-0.4, -0.2) is 64.5 Å². The monoisotopic (exact) mass is 446 g/mol. The van der Waals surface area contributed by atoms with Crippen LogP contribution < -0.4 is 4.74 Å². The number of carbonyl (C=O) groups excluding carboxylic acids is 2. The summed E-state index contributed by atoms with van der Waals surface area (Å²) in [6.45, 7) is 5.59. The van der Waals surface area contributed by atoms with Crippen LogP contribution in [0.3, 0.4) is 0 Å². The quantitative estimate of drug-likeness (QED) is 0.599. The van der Waals surface area contributed by atoms with Crippen molar-refractivity contribution in [2.45, 2.75) is 19.3 Å². The van der Waals surface area contributed by atoms with Crippen molar-refractivity contribution in [2.75, 3.05) is 32.8 Å². The van der Waals surface area contributed by atoms with Crippen molar-refractivity contribution in [1.29, 1.82) is 0 Å². The van der Waals surface area contributed by atoms with Gasteiger partial charge in [0.1, 0.15) is 5.75 Å². The molecule has 33 heavy (non-hydrogen) atoms. The van der Waals surface area contributed by atoms with E-state index in [9.17, 15) is 9.59 Å². The molecule has 0 radical (unpaired) electrons. The summed E-state index contributed by atoms with van der Waals surface area (Å²) in [6, 6.07) is 16.9. The van der Waals surface area contributed by atoms with E-state index in [4.69, 9.17) is 9.26 Å². The first-order valence-corrected chi connectivity index (χ1v) is 11.1. The first kappa shape index (κ1) is 21.2. The van der Waals surface area contributed by atoms with E-state index in [0.717, 1.165) is 5.56 Å². The van der Waals surface area contributed by atoms with E-state index in [1.54, 1.807) is 11.8 Å². The molecule has 8 nitrogen and oxygen atoms in total.